The van der Waals surface area contributed by atoms with Crippen LogP contribution in [0.4, 0.5) is 0 Å². The number of piperidine rings is 1. The van der Waals surface area contributed by atoms with Crippen LogP contribution in [0.2, 0.25) is 5.02 Å². The van der Waals surface area contributed by atoms with Gasteiger partial charge in [-0.05, 0) is 61.1 Å². The molecule has 3 nitrogen and oxygen atoms in total. The highest BCUT2D eigenvalue weighted by atomic mass is 35.5. The van der Waals surface area contributed by atoms with Crippen LogP contribution in [0, 0.1) is 11.3 Å². The first-order valence-corrected chi connectivity index (χ1v) is 12.7. The van der Waals surface area contributed by atoms with Crippen LogP contribution in [0.3, 0.4) is 0 Å². The van der Waals surface area contributed by atoms with Gasteiger partial charge in [0.1, 0.15) is 5.41 Å². The average molecular weight is 473 g/mol. The van der Waals surface area contributed by atoms with Crippen LogP contribution in [0.15, 0.2) is 84.9 Å². The Morgan fingerprint density at radius 3 is 1.91 bits per heavy atom. The Morgan fingerprint density at radius 1 is 0.824 bits per heavy atom. The molecule has 34 heavy (non-hydrogen) atoms. The number of unbranched alkanes of at least 4 members (excludes halogenated alkanes) is 2. The van der Waals surface area contributed by atoms with Gasteiger partial charge in [0.25, 0.3) is 0 Å². The minimum Gasteiger partial charge on any atom is -0.385 e. The summed E-state index contributed by atoms with van der Waals surface area (Å²) in [5.74, 6) is 0. The highest BCUT2D eigenvalue weighted by Crippen LogP contribution is 2.37. The zero-order valence-electron chi connectivity index (χ0n) is 19.7. The van der Waals surface area contributed by atoms with Crippen molar-refractivity contribution in [1.82, 2.24) is 4.90 Å². The van der Waals surface area contributed by atoms with Crippen molar-refractivity contribution in [2.75, 3.05) is 19.6 Å². The molecule has 0 spiro atoms. The molecular formula is C30H33ClN2O. The van der Waals surface area contributed by atoms with E-state index in [-0.39, 0.29) is 0 Å². The molecule has 0 unspecified atom stereocenters. The number of aliphatic hydroxyl groups is 1. The Kier molecular flexibility index (Phi) is 8.06. The van der Waals surface area contributed by atoms with Gasteiger partial charge in [-0.1, -0.05) is 97.2 Å². The molecule has 1 fully saturated rings. The maximum atomic E-state index is 11.1. The maximum absolute atomic E-state index is 11.1. The third-order valence-corrected chi connectivity index (χ3v) is 7.57. The van der Waals surface area contributed by atoms with Gasteiger partial charge in [-0.3, -0.25) is 0 Å². The molecule has 0 amide bonds. The standard InChI is InChI=1S/C30H33ClN2O/c31-28-16-14-27(15-17-28)30(34)19-22-33(23-20-30)21-9-3-8-18-29(24-32,25-10-4-1-5-11-25)26-12-6-2-7-13-26/h1-2,4-7,10-17,34H,3,8-9,18-23H2. The highest BCUT2D eigenvalue weighted by Gasteiger charge is 2.35. The van der Waals surface area contributed by atoms with E-state index in [0.29, 0.717) is 5.02 Å². The van der Waals surface area contributed by atoms with E-state index >= 15 is 0 Å². The number of benzene rings is 3. The quantitative estimate of drug-likeness (QED) is 0.353. The third kappa shape index (κ3) is 5.53. The number of halogens is 1. The number of rotatable bonds is 9. The number of nitrogens with zero attached hydrogens (tertiary/aromatic N) is 2. The molecule has 3 aromatic carbocycles. The summed E-state index contributed by atoms with van der Waals surface area (Å²) in [5.41, 5.74) is 1.75. The van der Waals surface area contributed by atoms with Gasteiger partial charge in [-0.15, -0.1) is 0 Å². The van der Waals surface area contributed by atoms with Crippen molar-refractivity contribution >= 4 is 11.6 Å². The fourth-order valence-electron chi connectivity index (χ4n) is 5.18. The lowest BCUT2D eigenvalue weighted by atomic mass is 9.72. The van der Waals surface area contributed by atoms with Crippen LogP contribution in [-0.4, -0.2) is 29.6 Å². The third-order valence-electron chi connectivity index (χ3n) is 7.31. The molecule has 4 rings (SSSR count). The molecule has 1 heterocycles. The zero-order valence-corrected chi connectivity index (χ0v) is 20.4. The minimum absolute atomic E-state index is 0.608. The first-order chi connectivity index (χ1) is 16.6. The van der Waals surface area contributed by atoms with E-state index in [1.807, 2.05) is 60.7 Å². The zero-order chi connectivity index (χ0) is 23.9. The smallest absolute Gasteiger partial charge is 0.107 e. The van der Waals surface area contributed by atoms with E-state index in [1.165, 1.54) is 0 Å². The highest BCUT2D eigenvalue weighted by molar-refractivity contribution is 6.30. The van der Waals surface area contributed by atoms with Gasteiger partial charge >= 0.3 is 0 Å². The molecule has 0 aliphatic carbocycles. The van der Waals surface area contributed by atoms with Crippen LogP contribution in [0.1, 0.15) is 55.2 Å². The predicted octanol–water partition coefficient (Wildman–Crippen LogP) is 6.69. The summed E-state index contributed by atoms with van der Waals surface area (Å²) in [6, 6.07) is 30.7. The molecular weight excluding hydrogens is 440 g/mol. The van der Waals surface area contributed by atoms with Gasteiger partial charge in [0.2, 0.25) is 0 Å². The van der Waals surface area contributed by atoms with E-state index in [4.69, 9.17) is 11.6 Å². The van der Waals surface area contributed by atoms with Crippen molar-refractivity contribution in [2.45, 2.75) is 49.5 Å². The van der Waals surface area contributed by atoms with Crippen molar-refractivity contribution in [3.63, 3.8) is 0 Å². The lowest BCUT2D eigenvalue weighted by molar-refractivity contribution is -0.0261. The van der Waals surface area contributed by atoms with E-state index in [9.17, 15) is 10.4 Å². The average Bonchev–Trinajstić information content (AvgIpc) is 2.89. The molecule has 0 saturated carbocycles. The van der Waals surface area contributed by atoms with E-state index < -0.39 is 11.0 Å². The first kappa shape index (κ1) is 24.5. The van der Waals surface area contributed by atoms with Gasteiger partial charge in [0.05, 0.1) is 11.7 Å². The Hall–Kier alpha value is -2.64. The summed E-state index contributed by atoms with van der Waals surface area (Å²) >= 11 is 6.00. The molecule has 0 atom stereocenters. The van der Waals surface area contributed by atoms with Crippen LogP contribution >= 0.6 is 11.6 Å². The topological polar surface area (TPSA) is 47.3 Å². The Labute approximate surface area is 208 Å². The number of likely N-dealkylation sites (tertiary alicyclic amines) is 1. The summed E-state index contributed by atoms with van der Waals surface area (Å²) in [5, 5.41) is 22.1. The van der Waals surface area contributed by atoms with Crippen LogP contribution < -0.4 is 0 Å². The summed E-state index contributed by atoms with van der Waals surface area (Å²) in [6.45, 7) is 2.83. The van der Waals surface area contributed by atoms with Gasteiger partial charge in [-0.2, -0.15) is 5.26 Å². The second-order valence-electron chi connectivity index (χ2n) is 9.44. The van der Waals surface area contributed by atoms with Crippen molar-refractivity contribution in [3.8, 4) is 6.07 Å². The molecule has 4 heteroatoms. The van der Waals surface area contributed by atoms with E-state index in [1.54, 1.807) is 0 Å². The molecule has 0 aromatic heterocycles. The van der Waals surface area contributed by atoms with E-state index in [0.717, 1.165) is 74.8 Å². The molecule has 1 saturated heterocycles. The number of hydrogen-bond acceptors (Lipinski definition) is 3. The molecule has 1 aliphatic rings. The fourth-order valence-corrected chi connectivity index (χ4v) is 5.31. The van der Waals surface area contributed by atoms with E-state index in [2.05, 4.69) is 35.2 Å². The summed E-state index contributed by atoms with van der Waals surface area (Å²) in [4.78, 5) is 2.45. The number of nitriles is 1. The van der Waals surface area contributed by atoms with Crippen molar-refractivity contribution in [1.29, 1.82) is 5.26 Å². The second-order valence-corrected chi connectivity index (χ2v) is 9.88. The largest absolute Gasteiger partial charge is 0.385 e. The molecule has 0 radical (unpaired) electrons. The van der Waals surface area contributed by atoms with Gasteiger partial charge in [0.15, 0.2) is 0 Å². The summed E-state index contributed by atoms with van der Waals surface area (Å²) in [6.07, 6.45) is 5.49. The van der Waals surface area contributed by atoms with Crippen LogP contribution in [0.5, 0.6) is 0 Å². The van der Waals surface area contributed by atoms with Gasteiger partial charge in [-0.25, -0.2) is 0 Å². The monoisotopic (exact) mass is 472 g/mol. The van der Waals surface area contributed by atoms with Gasteiger partial charge < -0.3 is 10.0 Å². The lowest BCUT2D eigenvalue weighted by Crippen LogP contribution is -2.42. The normalized spacial score (nSPS) is 16.1. The Balaban J connectivity index is 1.29. The van der Waals surface area contributed by atoms with Gasteiger partial charge in [0, 0.05) is 18.1 Å². The molecule has 176 valence electrons. The Bertz CT molecular complexity index is 1030. The Morgan fingerprint density at radius 2 is 1.38 bits per heavy atom. The fraction of sp³-hybridized carbons (Fsp3) is 0.367. The lowest BCUT2D eigenvalue weighted by Gasteiger charge is -2.38. The molecule has 1 N–H and O–H groups in total. The second kappa shape index (κ2) is 11.2. The van der Waals surface area contributed by atoms with Crippen molar-refractivity contribution in [2.24, 2.45) is 0 Å². The van der Waals surface area contributed by atoms with Crippen molar-refractivity contribution < 1.29 is 5.11 Å². The van der Waals surface area contributed by atoms with Crippen LogP contribution in [0.25, 0.3) is 0 Å². The number of hydrogen-bond donors (Lipinski definition) is 1. The predicted molar refractivity (Wildman–Crippen MR) is 139 cm³/mol. The molecule has 3 aromatic rings. The molecule has 0 bridgehead atoms. The minimum atomic E-state index is -0.751. The summed E-state index contributed by atoms with van der Waals surface area (Å²) < 4.78 is 0. The van der Waals surface area contributed by atoms with Crippen LogP contribution in [-0.2, 0) is 11.0 Å². The molecule has 1 aliphatic heterocycles. The summed E-state index contributed by atoms with van der Waals surface area (Å²) in [7, 11) is 0. The maximum Gasteiger partial charge on any atom is 0.107 e. The van der Waals surface area contributed by atoms with Crippen molar-refractivity contribution in [3.05, 3.63) is 107 Å². The first-order valence-electron chi connectivity index (χ1n) is 12.3. The SMILES string of the molecule is N#CC(CCCCCN1CCC(O)(c2ccc(Cl)cc2)CC1)(c1ccccc1)c1ccccc1.